The smallest absolute Gasteiger partial charge is 0.244 e. The number of primary amides is 1. The molecule has 6 heterocycles. The number of unbranched alkanes of at least 4 members (excludes halogenated alkanes) is 3. The maximum absolute atomic E-state index is 15.8. The molecule has 7 rings (SSSR count). The van der Waals surface area contributed by atoms with Crippen LogP contribution in [0.2, 0.25) is 0 Å². The van der Waals surface area contributed by atoms with Gasteiger partial charge in [0.1, 0.15) is 41.0 Å². The summed E-state index contributed by atoms with van der Waals surface area (Å²) in [4.78, 5) is 133. The minimum Gasteiger partial charge on any atom is -0.465 e. The molecular formula is C46H67N11O14S. The summed E-state index contributed by atoms with van der Waals surface area (Å²) in [6.45, 7) is 2.35. The van der Waals surface area contributed by atoms with Crippen LogP contribution in [0.5, 0.6) is 5.75 Å². The number of nitrogens with two attached hydrogens (primary N) is 2. The zero-order chi connectivity index (χ0) is 52.6. The van der Waals surface area contributed by atoms with Gasteiger partial charge in [-0.15, -0.1) is 0 Å². The first-order chi connectivity index (χ1) is 34.2. The fourth-order valence-electron chi connectivity index (χ4n) is 9.62. The summed E-state index contributed by atoms with van der Waals surface area (Å²) < 4.78 is 21.7. The van der Waals surface area contributed by atoms with Crippen LogP contribution in [0.15, 0.2) is 23.2 Å². The second-order valence-electron chi connectivity index (χ2n) is 19.0. The molecule has 1 saturated heterocycles. The summed E-state index contributed by atoms with van der Waals surface area (Å²) in [5.41, 5.74) is 9.55. The number of nitrogens with zero attached hydrogens (tertiary/aromatic N) is 1. The summed E-state index contributed by atoms with van der Waals surface area (Å²) in [6.07, 6.45) is -2.67. The number of H-pyrrole nitrogens is 1. The molecule has 0 radical (unpaired) electrons. The number of aliphatic hydroxyl groups excluding tert-OH is 3. The Balaban J connectivity index is 1.67. The van der Waals surface area contributed by atoms with Crippen molar-refractivity contribution in [2.24, 2.45) is 23.3 Å². The average molecular weight is 1030 g/mol. The maximum atomic E-state index is 15.8. The lowest BCUT2D eigenvalue weighted by molar-refractivity contribution is -0.166. The van der Waals surface area contributed by atoms with E-state index < -0.39 is 175 Å². The largest absolute Gasteiger partial charge is 0.465 e. The first-order valence-electron chi connectivity index (χ1n) is 24.2. The predicted molar refractivity (Wildman–Crippen MR) is 256 cm³/mol. The van der Waals surface area contributed by atoms with Gasteiger partial charge in [0.25, 0.3) is 0 Å². The predicted octanol–water partition coefficient (Wildman–Crippen LogP) is -4.59. The van der Waals surface area contributed by atoms with Crippen molar-refractivity contribution < 1.29 is 67.4 Å². The van der Waals surface area contributed by atoms with Gasteiger partial charge in [0.2, 0.25) is 58.8 Å². The number of aromatic nitrogens is 1. The highest BCUT2D eigenvalue weighted by atomic mass is 32.2. The van der Waals surface area contributed by atoms with Crippen molar-refractivity contribution in [1.82, 2.24) is 47.1 Å². The lowest BCUT2D eigenvalue weighted by atomic mass is 9.89. The van der Waals surface area contributed by atoms with Crippen LogP contribution in [0.4, 0.5) is 0 Å². The number of hydrogen-bond donors (Lipinski definition) is 13. The summed E-state index contributed by atoms with van der Waals surface area (Å²) >= 11 is 0. The molecule has 0 aliphatic carbocycles. The third-order valence-electron chi connectivity index (χ3n) is 13.9. The number of fused-ring (bicyclic) bond motifs is 7. The molecule has 8 bridgehead atoms. The van der Waals surface area contributed by atoms with Gasteiger partial charge in [-0.3, -0.25) is 47.4 Å². The summed E-state index contributed by atoms with van der Waals surface area (Å²) in [5.74, 6) is -11.4. The molecule has 396 valence electrons. The molecule has 8 amide bonds. The number of amides is 8. The van der Waals surface area contributed by atoms with Crippen LogP contribution in [-0.2, 0) is 60.4 Å². The van der Waals surface area contributed by atoms with Gasteiger partial charge in [-0.25, -0.2) is 4.90 Å². The van der Waals surface area contributed by atoms with Gasteiger partial charge in [0.15, 0.2) is 0 Å². The van der Waals surface area contributed by atoms with Gasteiger partial charge in [-0.05, 0) is 49.4 Å². The molecule has 1 fully saturated rings. The Morgan fingerprint density at radius 3 is 2.25 bits per heavy atom. The fraction of sp³-hybridized carbons (Fsp3) is 0.630. The van der Waals surface area contributed by atoms with E-state index in [-0.39, 0.29) is 41.1 Å². The number of nitrogens with one attached hydrogen (secondary N) is 8. The normalized spacial score (nSPS) is 29.5. The highest BCUT2D eigenvalue weighted by Crippen LogP contribution is 2.39. The average Bonchev–Trinajstić information content (AvgIpc) is 3.92. The molecule has 5 aliphatic heterocycles. The van der Waals surface area contributed by atoms with Crippen LogP contribution in [0.1, 0.15) is 77.7 Å². The van der Waals surface area contributed by atoms with E-state index in [1.807, 2.05) is 0 Å². The number of Topliss-reactive ketones (excluding diaryl/α,β-unsaturated/α-hetero) is 1. The van der Waals surface area contributed by atoms with E-state index in [9.17, 15) is 57.9 Å². The fourth-order valence-corrected chi connectivity index (χ4v) is 11.0. The zero-order valence-corrected chi connectivity index (χ0v) is 41.3. The number of hydrogen-bond acceptors (Lipinski definition) is 16. The Hall–Kier alpha value is -6.06. The molecular weight excluding hydrogens is 963 g/mol. The van der Waals surface area contributed by atoms with Crippen molar-refractivity contribution >= 4 is 74.7 Å². The number of ketones is 1. The number of ether oxygens (including phenoxy) is 1. The van der Waals surface area contributed by atoms with E-state index in [1.54, 1.807) is 13.8 Å². The number of aliphatic hydroxyl groups is 3. The van der Waals surface area contributed by atoms with Crippen molar-refractivity contribution in [2.75, 3.05) is 38.5 Å². The minimum atomic E-state index is -2.35. The molecule has 15 N–H and O–H groups in total. The monoisotopic (exact) mass is 1030 g/mol. The molecule has 0 spiro atoms. The summed E-state index contributed by atoms with van der Waals surface area (Å²) in [6, 6.07) is -5.39. The van der Waals surface area contributed by atoms with E-state index in [0.717, 1.165) is 0 Å². The van der Waals surface area contributed by atoms with Gasteiger partial charge in [-0.2, -0.15) is 0 Å². The molecule has 12 atom stereocenters. The van der Waals surface area contributed by atoms with Crippen molar-refractivity contribution in [3.63, 3.8) is 0 Å². The van der Waals surface area contributed by atoms with Crippen molar-refractivity contribution in [3.05, 3.63) is 23.8 Å². The molecule has 5 aliphatic rings. The van der Waals surface area contributed by atoms with Crippen LogP contribution in [0.3, 0.4) is 0 Å². The quantitative estimate of drug-likeness (QED) is 0.0840. The van der Waals surface area contributed by atoms with Crippen molar-refractivity contribution in [1.29, 1.82) is 0 Å². The first-order valence-corrected chi connectivity index (χ1v) is 25.6. The van der Waals surface area contributed by atoms with E-state index in [4.69, 9.17) is 16.2 Å². The van der Waals surface area contributed by atoms with Crippen LogP contribution in [0.25, 0.3) is 10.9 Å². The van der Waals surface area contributed by atoms with E-state index >= 15 is 4.79 Å². The SMILES string of the molecule is CC[C@H](C)[C@@H]1NC(=O)CNC(=O)C2Cc3c4[nH]c5cc(ccc35)OC(CCCCCCN)(C(=O)[C@H](CC(N)=O)NC(=O)C(C[S@@]4=O)NC(=O)CNC1=O)N1CC(O)C[C@H]1C(=O)N[C@@H]([C@@H](C)[C@@H](O)CO)C(=O)N2. The highest BCUT2D eigenvalue weighted by Gasteiger charge is 2.57. The van der Waals surface area contributed by atoms with E-state index in [0.29, 0.717) is 37.6 Å². The van der Waals surface area contributed by atoms with Gasteiger partial charge in [0, 0.05) is 36.8 Å². The standard InChI is InChI=1S/C46H67N11O14S/c1-4-22(2)37-43(68)50-17-35(62)51-31-21-72(70)45-27-15-30(40(65)49-18-36(63)55-37)53-44(69)38(23(3)33(60)20-58)56-42(67)32-13-24(59)19-57(32)46(11-7-5-6-8-12-47,39(64)29(16-34(48)61)52-41(31)66)71-25-9-10-26(27)28(14-25)54-45/h9-10,14,22-24,29-33,37-38,54,58-60H,4-8,11-13,15-21,47H2,1-3H3,(H2,48,61)(H,49,65)(H,50,68)(H,51,62)(H,52,66)(H,53,69)(H,55,63)(H,56,67)/t22-,23-,24?,29-,30?,31?,32-,33-,37-,38-,46?,72-/m0/s1. The Morgan fingerprint density at radius 2 is 1.57 bits per heavy atom. The molecule has 25 nitrogen and oxygen atoms in total. The Kier molecular flexibility index (Phi) is 18.5. The number of carbonyl (C=O) groups excluding carboxylic acids is 9. The van der Waals surface area contributed by atoms with Crippen molar-refractivity contribution in [3.8, 4) is 5.75 Å². The second kappa shape index (κ2) is 24.1. The zero-order valence-electron chi connectivity index (χ0n) is 40.5. The summed E-state index contributed by atoms with van der Waals surface area (Å²) in [5, 5.41) is 50.5. The molecule has 26 heteroatoms. The molecule has 2 aromatic rings. The number of benzene rings is 1. The lowest BCUT2D eigenvalue weighted by Crippen LogP contribution is -2.68. The number of aromatic amines is 1. The second-order valence-corrected chi connectivity index (χ2v) is 20.4. The number of rotatable bonds is 13. The van der Waals surface area contributed by atoms with Crippen LogP contribution < -0.4 is 53.4 Å². The molecule has 0 saturated carbocycles. The Morgan fingerprint density at radius 1 is 0.875 bits per heavy atom. The maximum Gasteiger partial charge on any atom is 0.244 e. The number of carbonyl (C=O) groups is 9. The molecule has 1 aromatic heterocycles. The highest BCUT2D eigenvalue weighted by molar-refractivity contribution is 7.85. The summed E-state index contributed by atoms with van der Waals surface area (Å²) in [7, 11) is -2.35. The van der Waals surface area contributed by atoms with E-state index in [2.05, 4.69) is 42.2 Å². The molecule has 72 heavy (non-hydrogen) atoms. The molecule has 1 aromatic carbocycles. The van der Waals surface area contributed by atoms with E-state index in [1.165, 1.54) is 30.0 Å². The van der Waals surface area contributed by atoms with Gasteiger partial charge in [0.05, 0.1) is 66.4 Å². The first kappa shape index (κ1) is 55.3. The van der Waals surface area contributed by atoms with Gasteiger partial charge >= 0.3 is 0 Å². The third kappa shape index (κ3) is 12.6. The van der Waals surface area contributed by atoms with Crippen LogP contribution >= 0.6 is 0 Å². The minimum absolute atomic E-state index is 0.0172. The lowest BCUT2D eigenvalue weighted by Gasteiger charge is -2.45. The van der Waals surface area contributed by atoms with Crippen LogP contribution in [-0.4, -0.2) is 175 Å². The molecule has 4 unspecified atom stereocenters. The topological polar surface area (TPSA) is 396 Å². The van der Waals surface area contributed by atoms with Crippen molar-refractivity contribution in [2.45, 2.75) is 138 Å². The van der Waals surface area contributed by atoms with Gasteiger partial charge in [-0.1, -0.05) is 40.0 Å². The Bertz CT molecular complexity index is 2440. The van der Waals surface area contributed by atoms with Crippen LogP contribution in [0, 0.1) is 11.8 Å². The van der Waals surface area contributed by atoms with Gasteiger partial charge < -0.3 is 73.7 Å². The Labute approximate surface area is 417 Å². The third-order valence-corrected chi connectivity index (χ3v) is 15.3.